The molecule has 3 N–H and O–H groups in total. The molecule has 0 bridgehead atoms. The van der Waals surface area contributed by atoms with Gasteiger partial charge in [0.15, 0.2) is 5.69 Å². The molecule has 0 unspecified atom stereocenters. The second kappa shape index (κ2) is 6.68. The number of aromatic nitrogens is 2. The minimum atomic E-state index is -0.289. The average Bonchev–Trinajstić information content (AvgIpc) is 3.31. The molecular formula is C18H21N5O2. The first kappa shape index (κ1) is 15.8. The first-order valence-corrected chi connectivity index (χ1v) is 8.70. The lowest BCUT2D eigenvalue weighted by molar-refractivity contribution is 0.0794. The third kappa shape index (κ3) is 3.02. The van der Waals surface area contributed by atoms with E-state index in [2.05, 4.69) is 20.8 Å². The number of nitrogens with zero attached hydrogens (tertiary/aromatic N) is 2. The average molecular weight is 339 g/mol. The molecule has 2 aromatic rings. The zero-order chi connectivity index (χ0) is 17.2. The van der Waals surface area contributed by atoms with Crippen molar-refractivity contribution in [1.82, 2.24) is 20.4 Å². The number of amides is 2. The number of likely N-dealkylation sites (tertiary alicyclic amines) is 1. The molecule has 130 valence electrons. The van der Waals surface area contributed by atoms with Crippen LogP contribution in [-0.2, 0) is 13.0 Å². The van der Waals surface area contributed by atoms with Crippen molar-refractivity contribution in [2.24, 2.45) is 0 Å². The van der Waals surface area contributed by atoms with E-state index in [0.29, 0.717) is 23.5 Å². The normalized spacial score (nSPS) is 16.6. The van der Waals surface area contributed by atoms with E-state index in [1.807, 2.05) is 17.0 Å². The number of hydrogen-bond acceptors (Lipinski definition) is 4. The van der Waals surface area contributed by atoms with Gasteiger partial charge in [-0.1, -0.05) is 12.1 Å². The minimum Gasteiger partial charge on any atom is -0.339 e. The zero-order valence-corrected chi connectivity index (χ0v) is 14.0. The maximum atomic E-state index is 12.7. The van der Waals surface area contributed by atoms with Crippen molar-refractivity contribution in [1.29, 1.82) is 0 Å². The van der Waals surface area contributed by atoms with E-state index in [1.54, 1.807) is 12.1 Å². The van der Waals surface area contributed by atoms with Crippen LogP contribution in [0.4, 0.5) is 5.69 Å². The quantitative estimate of drug-likeness (QED) is 0.791. The number of carbonyl (C=O) groups excluding carboxylic acids is 2. The van der Waals surface area contributed by atoms with E-state index >= 15 is 0 Å². The monoisotopic (exact) mass is 339 g/mol. The predicted molar refractivity (Wildman–Crippen MR) is 93.5 cm³/mol. The van der Waals surface area contributed by atoms with Gasteiger partial charge >= 0.3 is 0 Å². The highest BCUT2D eigenvalue weighted by atomic mass is 16.2. The van der Waals surface area contributed by atoms with Crippen molar-refractivity contribution in [2.45, 2.75) is 25.8 Å². The van der Waals surface area contributed by atoms with Gasteiger partial charge in [0, 0.05) is 43.9 Å². The summed E-state index contributed by atoms with van der Waals surface area (Å²) in [5.74, 6) is -0.318. The first-order chi connectivity index (χ1) is 12.2. The molecule has 1 saturated heterocycles. The second-order valence-electron chi connectivity index (χ2n) is 6.46. The maximum Gasteiger partial charge on any atom is 0.276 e. The Bertz CT molecular complexity index is 808. The maximum absolute atomic E-state index is 12.7. The molecule has 7 heteroatoms. The summed E-state index contributed by atoms with van der Waals surface area (Å²) in [4.78, 5) is 27.2. The SMILES string of the molecule is O=C(Nc1ccccc1C(=O)N1CCCC1)c1n[nH]c2c1CNCC2. The van der Waals surface area contributed by atoms with Gasteiger partial charge in [-0.25, -0.2) is 0 Å². The summed E-state index contributed by atoms with van der Waals surface area (Å²) < 4.78 is 0. The van der Waals surface area contributed by atoms with Crippen molar-refractivity contribution in [3.05, 3.63) is 46.8 Å². The molecule has 0 radical (unpaired) electrons. The van der Waals surface area contributed by atoms with Crippen molar-refractivity contribution < 1.29 is 9.59 Å². The van der Waals surface area contributed by atoms with E-state index in [-0.39, 0.29) is 11.8 Å². The van der Waals surface area contributed by atoms with E-state index in [0.717, 1.165) is 50.2 Å². The molecule has 1 fully saturated rings. The van der Waals surface area contributed by atoms with Crippen LogP contribution in [-0.4, -0.2) is 46.5 Å². The Balaban J connectivity index is 1.57. The number of rotatable bonds is 3. The lowest BCUT2D eigenvalue weighted by atomic mass is 10.1. The molecule has 2 aliphatic rings. The molecule has 7 nitrogen and oxygen atoms in total. The molecule has 3 heterocycles. The van der Waals surface area contributed by atoms with Gasteiger partial charge in [-0.3, -0.25) is 14.7 Å². The molecule has 25 heavy (non-hydrogen) atoms. The summed E-state index contributed by atoms with van der Waals surface area (Å²) in [5.41, 5.74) is 3.37. The number of H-pyrrole nitrogens is 1. The molecule has 0 aliphatic carbocycles. The number of para-hydroxylation sites is 1. The Labute approximate surface area is 145 Å². The fourth-order valence-corrected chi connectivity index (χ4v) is 3.46. The van der Waals surface area contributed by atoms with E-state index in [4.69, 9.17) is 0 Å². The van der Waals surface area contributed by atoms with Crippen LogP contribution in [0.2, 0.25) is 0 Å². The molecule has 2 aliphatic heterocycles. The largest absolute Gasteiger partial charge is 0.339 e. The van der Waals surface area contributed by atoms with Crippen LogP contribution in [0.5, 0.6) is 0 Å². The summed E-state index contributed by atoms with van der Waals surface area (Å²) in [7, 11) is 0. The fourth-order valence-electron chi connectivity index (χ4n) is 3.46. The molecule has 0 atom stereocenters. The van der Waals surface area contributed by atoms with Gasteiger partial charge < -0.3 is 15.5 Å². The fraction of sp³-hybridized carbons (Fsp3) is 0.389. The predicted octanol–water partition coefficient (Wildman–Crippen LogP) is 1.54. The van der Waals surface area contributed by atoms with Crippen LogP contribution in [0.3, 0.4) is 0 Å². The number of aromatic amines is 1. The molecule has 1 aromatic carbocycles. The topological polar surface area (TPSA) is 90.1 Å². The number of anilines is 1. The van der Waals surface area contributed by atoms with Gasteiger partial charge in [0.25, 0.3) is 11.8 Å². The smallest absolute Gasteiger partial charge is 0.276 e. The summed E-state index contributed by atoms with van der Waals surface area (Å²) in [6.07, 6.45) is 2.90. The molecule has 4 rings (SSSR count). The highest BCUT2D eigenvalue weighted by Gasteiger charge is 2.25. The summed E-state index contributed by atoms with van der Waals surface area (Å²) >= 11 is 0. The van der Waals surface area contributed by atoms with Crippen molar-refractivity contribution in [2.75, 3.05) is 25.0 Å². The molecule has 1 aromatic heterocycles. The van der Waals surface area contributed by atoms with Crippen LogP contribution < -0.4 is 10.6 Å². The molecule has 0 spiro atoms. The van der Waals surface area contributed by atoms with Gasteiger partial charge in [-0.2, -0.15) is 5.10 Å². The Hall–Kier alpha value is -2.67. The van der Waals surface area contributed by atoms with Gasteiger partial charge in [-0.15, -0.1) is 0 Å². The van der Waals surface area contributed by atoms with E-state index in [9.17, 15) is 9.59 Å². The highest BCUT2D eigenvalue weighted by molar-refractivity contribution is 6.08. The zero-order valence-electron chi connectivity index (χ0n) is 14.0. The van der Waals surface area contributed by atoms with E-state index < -0.39 is 0 Å². The van der Waals surface area contributed by atoms with Crippen molar-refractivity contribution in [3.8, 4) is 0 Å². The third-order valence-electron chi connectivity index (χ3n) is 4.82. The second-order valence-corrected chi connectivity index (χ2v) is 6.46. The van der Waals surface area contributed by atoms with Crippen molar-refractivity contribution >= 4 is 17.5 Å². The lowest BCUT2D eigenvalue weighted by Crippen LogP contribution is -2.29. The molecule has 2 amide bonds. The third-order valence-corrected chi connectivity index (χ3v) is 4.82. The summed E-state index contributed by atoms with van der Waals surface area (Å²) in [5, 5.41) is 13.2. The number of carbonyl (C=O) groups is 2. The van der Waals surface area contributed by atoms with Crippen molar-refractivity contribution in [3.63, 3.8) is 0 Å². The van der Waals surface area contributed by atoms with Gasteiger partial charge in [-0.05, 0) is 25.0 Å². The Morgan fingerprint density at radius 1 is 1.16 bits per heavy atom. The number of hydrogen-bond donors (Lipinski definition) is 3. The van der Waals surface area contributed by atoms with Crippen LogP contribution in [0, 0.1) is 0 Å². The molecule has 0 saturated carbocycles. The van der Waals surface area contributed by atoms with Crippen LogP contribution in [0.15, 0.2) is 24.3 Å². The Morgan fingerprint density at radius 3 is 2.80 bits per heavy atom. The molecular weight excluding hydrogens is 318 g/mol. The summed E-state index contributed by atoms with van der Waals surface area (Å²) in [6.45, 7) is 3.06. The number of benzene rings is 1. The Morgan fingerprint density at radius 2 is 1.96 bits per heavy atom. The first-order valence-electron chi connectivity index (χ1n) is 8.70. The highest BCUT2D eigenvalue weighted by Crippen LogP contribution is 2.22. The Kier molecular flexibility index (Phi) is 4.23. The number of fused-ring (bicyclic) bond motifs is 1. The van der Waals surface area contributed by atoms with Crippen LogP contribution in [0.1, 0.15) is 44.9 Å². The number of nitrogens with one attached hydrogen (secondary N) is 3. The lowest BCUT2D eigenvalue weighted by Gasteiger charge is -2.18. The summed E-state index contributed by atoms with van der Waals surface area (Å²) in [6, 6.07) is 7.16. The van der Waals surface area contributed by atoms with Crippen LogP contribution >= 0.6 is 0 Å². The van der Waals surface area contributed by atoms with Gasteiger partial charge in [0.1, 0.15) is 0 Å². The minimum absolute atomic E-state index is 0.0286. The van der Waals surface area contributed by atoms with E-state index in [1.165, 1.54) is 0 Å². The standard InChI is InChI=1S/C18H21N5O2/c24-17(16-13-11-19-8-7-15(13)21-22-16)20-14-6-2-1-5-12(14)18(25)23-9-3-4-10-23/h1-2,5-6,19H,3-4,7-11H2,(H,20,24)(H,21,22). The van der Waals surface area contributed by atoms with Gasteiger partial charge in [0.2, 0.25) is 0 Å². The van der Waals surface area contributed by atoms with Gasteiger partial charge in [0.05, 0.1) is 11.3 Å². The van der Waals surface area contributed by atoms with Crippen LogP contribution in [0.25, 0.3) is 0 Å².